The van der Waals surface area contributed by atoms with Gasteiger partial charge in [-0.2, -0.15) is 5.10 Å². The Morgan fingerprint density at radius 2 is 1.95 bits per heavy atom. The van der Waals surface area contributed by atoms with Crippen LogP contribution in [0.3, 0.4) is 0 Å². The van der Waals surface area contributed by atoms with Gasteiger partial charge in [-0.1, -0.05) is 30.3 Å². The lowest BCUT2D eigenvalue weighted by Crippen LogP contribution is -2.06. The first-order valence-electron chi connectivity index (χ1n) is 6.33. The third-order valence-corrected chi connectivity index (χ3v) is 3.40. The fourth-order valence-corrected chi connectivity index (χ4v) is 2.23. The van der Waals surface area contributed by atoms with Gasteiger partial charge in [0.25, 0.3) is 5.69 Å². The maximum absolute atomic E-state index is 10.8. The zero-order chi connectivity index (χ0) is 14.1. The van der Waals surface area contributed by atoms with Crippen LogP contribution in [0.25, 0.3) is 10.9 Å². The molecule has 0 radical (unpaired) electrons. The van der Waals surface area contributed by atoms with E-state index < -0.39 is 4.92 Å². The van der Waals surface area contributed by atoms with Crippen LogP contribution in [0.2, 0.25) is 0 Å². The molecule has 0 spiro atoms. The van der Waals surface area contributed by atoms with Crippen LogP contribution in [0.1, 0.15) is 18.5 Å². The SMILES string of the molecule is CC(c1ccccc1)n1cc2cc([N+](=O)[O-])ccc2n1. The lowest BCUT2D eigenvalue weighted by atomic mass is 10.1. The van der Waals surface area contributed by atoms with E-state index >= 15 is 0 Å². The highest BCUT2D eigenvalue weighted by molar-refractivity contribution is 5.80. The molecule has 20 heavy (non-hydrogen) atoms. The molecular weight excluding hydrogens is 254 g/mol. The Morgan fingerprint density at radius 1 is 1.20 bits per heavy atom. The molecule has 0 fully saturated rings. The number of aromatic nitrogens is 2. The minimum absolute atomic E-state index is 0.0858. The number of nitro groups is 1. The standard InChI is InChI=1S/C15H13N3O2/c1-11(12-5-3-2-4-6-12)17-10-13-9-14(18(19)20)7-8-15(13)16-17/h2-11H,1H3. The summed E-state index contributed by atoms with van der Waals surface area (Å²) < 4.78 is 1.84. The molecule has 0 saturated heterocycles. The monoisotopic (exact) mass is 267 g/mol. The van der Waals surface area contributed by atoms with Crippen LogP contribution in [-0.4, -0.2) is 14.7 Å². The van der Waals surface area contributed by atoms with Gasteiger partial charge in [-0.25, -0.2) is 0 Å². The summed E-state index contributed by atoms with van der Waals surface area (Å²) in [5.41, 5.74) is 2.00. The number of hydrogen-bond donors (Lipinski definition) is 0. The van der Waals surface area contributed by atoms with Crippen molar-refractivity contribution in [2.24, 2.45) is 0 Å². The Balaban J connectivity index is 2.03. The zero-order valence-electron chi connectivity index (χ0n) is 10.9. The molecule has 0 aliphatic heterocycles. The first-order valence-corrected chi connectivity index (χ1v) is 6.33. The lowest BCUT2D eigenvalue weighted by Gasteiger charge is -2.11. The summed E-state index contributed by atoms with van der Waals surface area (Å²) in [5, 5.41) is 16.0. The summed E-state index contributed by atoms with van der Waals surface area (Å²) >= 11 is 0. The largest absolute Gasteiger partial charge is 0.270 e. The summed E-state index contributed by atoms with van der Waals surface area (Å²) in [7, 11) is 0. The van der Waals surface area contributed by atoms with E-state index in [1.807, 2.05) is 41.2 Å². The minimum Gasteiger partial charge on any atom is -0.264 e. The van der Waals surface area contributed by atoms with Gasteiger partial charge >= 0.3 is 0 Å². The summed E-state index contributed by atoms with van der Waals surface area (Å²) in [6.07, 6.45) is 1.85. The van der Waals surface area contributed by atoms with Gasteiger partial charge in [-0.05, 0) is 18.6 Å². The molecule has 3 rings (SSSR count). The topological polar surface area (TPSA) is 61.0 Å². The van der Waals surface area contributed by atoms with Crippen molar-refractivity contribution >= 4 is 16.6 Å². The first kappa shape index (κ1) is 12.3. The van der Waals surface area contributed by atoms with Gasteiger partial charge in [0.05, 0.1) is 16.5 Å². The lowest BCUT2D eigenvalue weighted by molar-refractivity contribution is -0.384. The van der Waals surface area contributed by atoms with E-state index in [0.29, 0.717) is 0 Å². The molecule has 100 valence electrons. The summed E-state index contributed by atoms with van der Waals surface area (Å²) in [6, 6.07) is 14.8. The maximum Gasteiger partial charge on any atom is 0.270 e. The molecule has 5 nitrogen and oxygen atoms in total. The van der Waals surface area contributed by atoms with Crippen LogP contribution in [0.5, 0.6) is 0 Å². The third-order valence-electron chi connectivity index (χ3n) is 3.40. The number of benzene rings is 2. The second kappa shape index (κ2) is 4.77. The second-order valence-electron chi connectivity index (χ2n) is 4.70. The van der Waals surface area contributed by atoms with E-state index in [1.54, 1.807) is 12.1 Å². The van der Waals surface area contributed by atoms with Crippen LogP contribution in [0, 0.1) is 10.1 Å². The minimum atomic E-state index is -0.391. The molecule has 0 N–H and O–H groups in total. The van der Waals surface area contributed by atoms with Gasteiger partial charge in [0.2, 0.25) is 0 Å². The van der Waals surface area contributed by atoms with Crippen molar-refractivity contribution in [2.75, 3.05) is 0 Å². The van der Waals surface area contributed by atoms with Gasteiger partial charge in [0.15, 0.2) is 0 Å². The number of rotatable bonds is 3. The molecule has 0 aliphatic carbocycles. The highest BCUT2D eigenvalue weighted by Crippen LogP contribution is 2.23. The predicted octanol–water partition coefficient (Wildman–Crippen LogP) is 3.55. The summed E-state index contributed by atoms with van der Waals surface area (Å²) in [5.74, 6) is 0. The number of nitrogens with zero attached hydrogens (tertiary/aromatic N) is 3. The molecular formula is C15H13N3O2. The molecule has 1 heterocycles. The Morgan fingerprint density at radius 3 is 2.65 bits per heavy atom. The molecule has 3 aromatic rings. The van der Waals surface area contributed by atoms with Crippen LogP contribution in [0.15, 0.2) is 54.7 Å². The predicted molar refractivity (Wildman–Crippen MR) is 76.6 cm³/mol. The number of non-ortho nitro benzene ring substituents is 1. The molecule has 1 atom stereocenters. The molecule has 1 unspecified atom stereocenters. The van der Waals surface area contributed by atoms with E-state index in [9.17, 15) is 10.1 Å². The average molecular weight is 267 g/mol. The van der Waals surface area contributed by atoms with E-state index in [0.717, 1.165) is 16.5 Å². The molecule has 5 heteroatoms. The van der Waals surface area contributed by atoms with Crippen LogP contribution < -0.4 is 0 Å². The van der Waals surface area contributed by atoms with E-state index in [1.165, 1.54) is 6.07 Å². The van der Waals surface area contributed by atoms with Crippen molar-refractivity contribution in [1.29, 1.82) is 0 Å². The molecule has 0 amide bonds. The van der Waals surface area contributed by atoms with Gasteiger partial charge in [0.1, 0.15) is 0 Å². The van der Waals surface area contributed by atoms with Gasteiger partial charge in [-0.15, -0.1) is 0 Å². The average Bonchev–Trinajstić information content (AvgIpc) is 2.90. The van der Waals surface area contributed by atoms with E-state index in [-0.39, 0.29) is 11.7 Å². The Bertz CT molecular complexity index is 765. The van der Waals surface area contributed by atoms with Crippen molar-refractivity contribution in [1.82, 2.24) is 9.78 Å². The summed E-state index contributed by atoms with van der Waals surface area (Å²) in [6.45, 7) is 2.05. The number of hydrogen-bond acceptors (Lipinski definition) is 3. The summed E-state index contributed by atoms with van der Waals surface area (Å²) in [4.78, 5) is 10.4. The Hall–Kier alpha value is -2.69. The van der Waals surface area contributed by atoms with Crippen molar-refractivity contribution in [3.05, 3.63) is 70.4 Å². The van der Waals surface area contributed by atoms with Crippen LogP contribution in [-0.2, 0) is 0 Å². The van der Waals surface area contributed by atoms with Gasteiger partial charge in [-0.3, -0.25) is 14.8 Å². The second-order valence-corrected chi connectivity index (χ2v) is 4.70. The fraction of sp³-hybridized carbons (Fsp3) is 0.133. The quantitative estimate of drug-likeness (QED) is 0.538. The first-order chi connectivity index (χ1) is 9.65. The van der Waals surface area contributed by atoms with Crippen LogP contribution in [0.4, 0.5) is 5.69 Å². The zero-order valence-corrected chi connectivity index (χ0v) is 10.9. The highest BCUT2D eigenvalue weighted by atomic mass is 16.6. The van der Waals surface area contributed by atoms with Crippen molar-refractivity contribution in [2.45, 2.75) is 13.0 Å². The van der Waals surface area contributed by atoms with Crippen molar-refractivity contribution in [3.63, 3.8) is 0 Å². The molecule has 0 saturated carbocycles. The third kappa shape index (κ3) is 2.14. The Labute approximate surface area is 115 Å². The van der Waals surface area contributed by atoms with E-state index in [4.69, 9.17) is 0 Å². The molecule has 0 aliphatic rings. The van der Waals surface area contributed by atoms with Gasteiger partial charge < -0.3 is 0 Å². The highest BCUT2D eigenvalue weighted by Gasteiger charge is 2.12. The van der Waals surface area contributed by atoms with E-state index in [2.05, 4.69) is 12.0 Å². The normalized spacial score (nSPS) is 12.4. The number of fused-ring (bicyclic) bond motifs is 1. The molecule has 2 aromatic carbocycles. The smallest absolute Gasteiger partial charge is 0.264 e. The Kier molecular flexibility index (Phi) is 2.95. The van der Waals surface area contributed by atoms with Gasteiger partial charge in [0, 0.05) is 23.7 Å². The van der Waals surface area contributed by atoms with Crippen molar-refractivity contribution < 1.29 is 4.92 Å². The molecule has 1 aromatic heterocycles. The fourth-order valence-electron chi connectivity index (χ4n) is 2.23. The van der Waals surface area contributed by atoms with Crippen molar-refractivity contribution in [3.8, 4) is 0 Å². The maximum atomic E-state index is 10.8. The molecule has 0 bridgehead atoms. The van der Waals surface area contributed by atoms with Crippen LogP contribution >= 0.6 is 0 Å². The number of nitro benzene ring substituents is 1.